The van der Waals surface area contributed by atoms with Crippen LogP contribution in [0.15, 0.2) is 44.9 Å². The summed E-state index contributed by atoms with van der Waals surface area (Å²) in [6.07, 6.45) is -4.35. The van der Waals surface area contributed by atoms with Gasteiger partial charge in [-0.1, -0.05) is 35.8 Å². The molecule has 15 atom stereocenters. The number of aliphatic hydroxyl groups excluding tert-OH is 6. The number of nitrogens with one attached hydrogen (secondary N) is 1. The average molecular weight is 785 g/mol. The van der Waals surface area contributed by atoms with Gasteiger partial charge in [-0.3, -0.25) is 0 Å². The molecule has 15 unspecified atom stereocenters. The smallest absolute Gasteiger partial charge is 0.309 e. The van der Waals surface area contributed by atoms with Gasteiger partial charge in [-0.25, -0.2) is 15.4 Å². The second-order valence-corrected chi connectivity index (χ2v) is 15.0. The molecule has 2 heterocycles. The van der Waals surface area contributed by atoms with Crippen molar-refractivity contribution in [2.24, 2.45) is 39.0 Å². The van der Waals surface area contributed by atoms with Gasteiger partial charge in [-0.05, 0) is 66.4 Å². The van der Waals surface area contributed by atoms with Crippen LogP contribution in [0.1, 0.15) is 67.2 Å². The molecule has 14 N–H and O–H groups in total. The summed E-state index contributed by atoms with van der Waals surface area (Å²) < 4.78 is 29.5. The minimum atomic E-state index is -2.13. The van der Waals surface area contributed by atoms with Crippen LogP contribution >= 0.6 is 0 Å². The number of guanidine groups is 1. The molecular formula is C37H64N6O12. The first-order valence-electron chi connectivity index (χ1n) is 18.7. The van der Waals surface area contributed by atoms with Gasteiger partial charge in [0.05, 0.1) is 37.4 Å². The van der Waals surface area contributed by atoms with Crippen LogP contribution in [-0.4, -0.2) is 153 Å². The Labute approximate surface area is 322 Å². The maximum atomic E-state index is 11.6. The summed E-state index contributed by atoms with van der Waals surface area (Å²) in [5, 5.41) is 84.0. The van der Waals surface area contributed by atoms with E-state index >= 15 is 0 Å². The number of hydrogen-bond donors (Lipinski definition) is 11. The van der Waals surface area contributed by atoms with Crippen molar-refractivity contribution in [1.29, 1.82) is 5.41 Å². The van der Waals surface area contributed by atoms with E-state index in [0.29, 0.717) is 0 Å². The van der Waals surface area contributed by atoms with Crippen molar-refractivity contribution in [2.75, 3.05) is 19.8 Å². The third-order valence-electron chi connectivity index (χ3n) is 10.5. The van der Waals surface area contributed by atoms with E-state index in [-0.39, 0.29) is 6.54 Å². The molecule has 0 bridgehead atoms. The van der Waals surface area contributed by atoms with Crippen molar-refractivity contribution in [3.05, 3.63) is 34.9 Å². The van der Waals surface area contributed by atoms with Crippen molar-refractivity contribution in [3.63, 3.8) is 0 Å². The zero-order valence-corrected chi connectivity index (χ0v) is 32.6. The van der Waals surface area contributed by atoms with E-state index in [1.165, 1.54) is 24.3 Å². The Hall–Kier alpha value is -2.85. The fourth-order valence-electron chi connectivity index (χ4n) is 6.95. The normalized spacial score (nSPS) is 38.6. The highest BCUT2D eigenvalue weighted by Crippen LogP contribution is 2.40. The van der Waals surface area contributed by atoms with Gasteiger partial charge in [0.2, 0.25) is 0 Å². The molecule has 0 radical (unpaired) electrons. The van der Waals surface area contributed by atoms with Gasteiger partial charge >= 0.3 is 6.02 Å². The Morgan fingerprint density at radius 1 is 0.855 bits per heavy atom. The SMILES string of the molecule is CC(C)=CCC/C(C)=C/CC/C(C)=C/C=NC(=N)OC1C(C)C(O)C(OC2OC(C)C(O)(CO)C2OC2OC(CO)C(O)C(O)C2CN)C(N=C(N)N)C1O. The van der Waals surface area contributed by atoms with Crippen LogP contribution < -0.4 is 17.2 Å². The number of nitrogens with zero attached hydrogens (tertiary/aromatic N) is 2. The van der Waals surface area contributed by atoms with Gasteiger partial charge in [0.1, 0.15) is 48.3 Å². The van der Waals surface area contributed by atoms with Crippen LogP contribution in [0.4, 0.5) is 0 Å². The van der Waals surface area contributed by atoms with Crippen molar-refractivity contribution < 1.29 is 59.4 Å². The van der Waals surface area contributed by atoms with Crippen molar-refractivity contribution in [2.45, 2.75) is 146 Å². The molecule has 0 amide bonds. The highest BCUT2D eigenvalue weighted by molar-refractivity contribution is 5.86. The minimum Gasteiger partial charge on any atom is -0.457 e. The highest BCUT2D eigenvalue weighted by atomic mass is 16.8. The maximum Gasteiger partial charge on any atom is 0.309 e. The summed E-state index contributed by atoms with van der Waals surface area (Å²) in [5.74, 6) is -2.42. The Balaban J connectivity index is 1.76. The molecule has 0 aromatic rings. The van der Waals surface area contributed by atoms with Crippen LogP contribution in [0.5, 0.6) is 0 Å². The zero-order chi connectivity index (χ0) is 41.2. The standard InChI is InChI=1S/C37H64N6O12/c1-18(2)9-7-10-19(3)11-8-12-20(4)13-14-42-36(41)54-30-21(5)26(46)31(25(29(30)49)43-35(39)40)53-34-32(37(50,17-45)22(6)51-34)55-33-23(15-38)27(47)28(48)24(16-44)52-33/h9,11,13-14,21-34,41,44-50H,7-8,10,12,15-17,38H2,1-6H3,(H4,39,40,43)/b19-11+,20-13+,41-36?,42-14?. The van der Waals surface area contributed by atoms with Crippen molar-refractivity contribution in [3.8, 4) is 0 Å². The minimum absolute atomic E-state index is 0.240. The largest absolute Gasteiger partial charge is 0.457 e. The van der Waals surface area contributed by atoms with Crippen LogP contribution in [-0.2, 0) is 23.7 Å². The van der Waals surface area contributed by atoms with Gasteiger partial charge in [0, 0.05) is 18.7 Å². The highest BCUT2D eigenvalue weighted by Gasteiger charge is 2.60. The Morgan fingerprint density at radius 3 is 2.11 bits per heavy atom. The number of aliphatic hydroxyl groups is 7. The van der Waals surface area contributed by atoms with Crippen LogP contribution in [0.25, 0.3) is 0 Å². The van der Waals surface area contributed by atoms with Crippen molar-refractivity contribution >= 4 is 18.2 Å². The molecule has 0 spiro atoms. The van der Waals surface area contributed by atoms with E-state index in [1.54, 1.807) is 13.0 Å². The summed E-state index contributed by atoms with van der Waals surface area (Å²) in [6.45, 7) is 9.42. The lowest BCUT2D eigenvalue weighted by Crippen LogP contribution is -2.64. The quantitative estimate of drug-likeness (QED) is 0.0511. The van der Waals surface area contributed by atoms with E-state index in [0.717, 1.165) is 31.3 Å². The summed E-state index contributed by atoms with van der Waals surface area (Å²) in [5.41, 5.74) is 18.8. The molecule has 3 aliphatic rings. The average Bonchev–Trinajstić information content (AvgIpc) is 3.36. The lowest BCUT2D eigenvalue weighted by molar-refractivity contribution is -0.327. The first kappa shape index (κ1) is 46.5. The molecule has 3 rings (SSSR count). The molecule has 18 nitrogen and oxygen atoms in total. The van der Waals surface area contributed by atoms with Crippen LogP contribution in [0.2, 0.25) is 0 Å². The molecule has 55 heavy (non-hydrogen) atoms. The molecule has 3 fully saturated rings. The van der Waals surface area contributed by atoms with E-state index in [2.05, 4.69) is 42.9 Å². The molecule has 18 heteroatoms. The molecule has 2 saturated heterocycles. The zero-order valence-electron chi connectivity index (χ0n) is 32.6. The summed E-state index contributed by atoms with van der Waals surface area (Å²) >= 11 is 0. The van der Waals surface area contributed by atoms with Gasteiger partial charge in [0.25, 0.3) is 0 Å². The lowest BCUT2D eigenvalue weighted by Gasteiger charge is -2.46. The van der Waals surface area contributed by atoms with Gasteiger partial charge in [0.15, 0.2) is 18.5 Å². The van der Waals surface area contributed by atoms with E-state index in [9.17, 15) is 35.7 Å². The summed E-state index contributed by atoms with van der Waals surface area (Å²) in [7, 11) is 0. The van der Waals surface area contributed by atoms with Gasteiger partial charge in [-0.2, -0.15) is 0 Å². The third-order valence-corrected chi connectivity index (χ3v) is 10.5. The van der Waals surface area contributed by atoms with Crippen molar-refractivity contribution in [1.82, 2.24) is 0 Å². The number of hydrogen-bond acceptors (Lipinski definition) is 15. The number of nitrogens with two attached hydrogens (primary N) is 3. The molecule has 1 saturated carbocycles. The fourth-order valence-corrected chi connectivity index (χ4v) is 6.95. The van der Waals surface area contributed by atoms with Crippen LogP contribution in [0, 0.1) is 17.2 Å². The monoisotopic (exact) mass is 784 g/mol. The van der Waals surface area contributed by atoms with Crippen LogP contribution in [0.3, 0.4) is 0 Å². The van der Waals surface area contributed by atoms with E-state index < -0.39 is 116 Å². The predicted molar refractivity (Wildman–Crippen MR) is 204 cm³/mol. The summed E-state index contributed by atoms with van der Waals surface area (Å²) in [4.78, 5) is 8.15. The number of ether oxygens (including phenoxy) is 5. The lowest BCUT2D eigenvalue weighted by atomic mass is 9.78. The predicted octanol–water partition coefficient (Wildman–Crippen LogP) is -0.938. The number of rotatable bonds is 16. The summed E-state index contributed by atoms with van der Waals surface area (Å²) in [6, 6.07) is -1.94. The molecule has 1 aliphatic carbocycles. The molecular weight excluding hydrogens is 720 g/mol. The van der Waals surface area contributed by atoms with Gasteiger partial charge in [-0.15, -0.1) is 0 Å². The van der Waals surface area contributed by atoms with E-state index in [1.807, 2.05) is 6.92 Å². The second-order valence-electron chi connectivity index (χ2n) is 15.0. The molecule has 2 aliphatic heterocycles. The van der Waals surface area contributed by atoms with Gasteiger partial charge < -0.3 is 76.6 Å². The Bertz CT molecular complexity index is 1400. The molecule has 314 valence electrons. The first-order chi connectivity index (χ1) is 25.9. The maximum absolute atomic E-state index is 11.6. The van der Waals surface area contributed by atoms with E-state index in [4.69, 9.17) is 46.3 Å². The first-order valence-corrected chi connectivity index (χ1v) is 18.7. The third kappa shape index (κ3) is 11.8. The number of allylic oxidation sites excluding steroid dienone is 6. The topological polar surface area (TPSA) is 314 Å². The fraction of sp³-hybridized carbons (Fsp3) is 0.757. The Kier molecular flexibility index (Phi) is 17.8. The molecule has 0 aromatic carbocycles. The number of aliphatic imine (C=N–C) groups is 2. The number of amidine groups is 1. The molecule has 0 aromatic heterocycles. The Morgan fingerprint density at radius 2 is 1.51 bits per heavy atom. The second kappa shape index (κ2) is 21.1.